The van der Waals surface area contributed by atoms with Gasteiger partial charge in [-0.2, -0.15) is 0 Å². The van der Waals surface area contributed by atoms with Gasteiger partial charge in [0.05, 0.1) is 0 Å². The smallest absolute Gasteiger partial charge is 0.339 e. The van der Waals surface area contributed by atoms with E-state index in [1.165, 1.54) is 0 Å². The van der Waals surface area contributed by atoms with Crippen molar-refractivity contribution >= 4 is 12.2 Å². The third-order valence-electron chi connectivity index (χ3n) is 2.02. The Labute approximate surface area is 76.2 Å². The van der Waals surface area contributed by atoms with Crippen molar-refractivity contribution in [1.29, 1.82) is 0 Å². The molecule has 0 N–H and O–H groups in total. The predicted octanol–water partition coefficient (Wildman–Crippen LogP) is 2.38. The first-order valence-electron chi connectivity index (χ1n) is 4.25. The molecule has 0 fully saturated rings. The summed E-state index contributed by atoms with van der Waals surface area (Å²) in [6, 6.07) is 1.85. The molecule has 0 aliphatic heterocycles. The molecule has 0 amide bonds. The zero-order valence-electron chi connectivity index (χ0n) is 7.41. The van der Waals surface area contributed by atoms with Gasteiger partial charge in [0, 0.05) is 11.1 Å². The molecular formula is C11H10O2. The first-order chi connectivity index (χ1) is 6.27. The molecule has 2 nitrogen and oxygen atoms in total. The van der Waals surface area contributed by atoms with Crippen LogP contribution in [0.1, 0.15) is 23.3 Å². The summed E-state index contributed by atoms with van der Waals surface area (Å²) in [4.78, 5) is 11.2. The fourth-order valence-corrected chi connectivity index (χ4v) is 1.31. The Balaban J connectivity index is 2.69. The molecule has 2 heteroatoms. The number of hydrogen-bond donors (Lipinski definition) is 0. The second-order valence-electron chi connectivity index (χ2n) is 3.08. The minimum Gasteiger partial charge on any atom is -0.423 e. The lowest BCUT2D eigenvalue weighted by atomic mass is 10.1. The summed E-state index contributed by atoms with van der Waals surface area (Å²) < 4.78 is 5.12. The van der Waals surface area contributed by atoms with Crippen LogP contribution < -0.4 is 5.63 Å². The molecule has 0 saturated heterocycles. The molecule has 1 aromatic heterocycles. The van der Waals surface area contributed by atoms with E-state index in [0.717, 1.165) is 12.0 Å². The Kier molecular flexibility index (Phi) is 1.89. The summed E-state index contributed by atoms with van der Waals surface area (Å²) in [5.41, 5.74) is 1.38. The Bertz CT molecular complexity index is 436. The van der Waals surface area contributed by atoms with Gasteiger partial charge in [-0.1, -0.05) is 18.2 Å². The normalized spacial score (nSPS) is 13.9. The van der Waals surface area contributed by atoms with Gasteiger partial charge in [-0.3, -0.25) is 0 Å². The summed E-state index contributed by atoms with van der Waals surface area (Å²) in [7, 11) is 0. The van der Waals surface area contributed by atoms with Crippen molar-refractivity contribution in [3.63, 3.8) is 0 Å². The third kappa shape index (κ3) is 1.47. The molecule has 0 atom stereocenters. The fourth-order valence-electron chi connectivity index (χ4n) is 1.31. The fraction of sp³-hybridized carbons (Fsp3) is 0.182. The maximum atomic E-state index is 11.2. The first-order valence-corrected chi connectivity index (χ1v) is 4.25. The van der Waals surface area contributed by atoms with Crippen LogP contribution >= 0.6 is 0 Å². The summed E-state index contributed by atoms with van der Waals surface area (Å²) >= 11 is 0. The lowest BCUT2D eigenvalue weighted by molar-refractivity contribution is 0.495. The molecule has 1 heterocycles. The van der Waals surface area contributed by atoms with Crippen LogP contribution in [0.2, 0.25) is 0 Å². The highest BCUT2D eigenvalue weighted by Gasteiger charge is 2.04. The van der Waals surface area contributed by atoms with E-state index in [9.17, 15) is 4.79 Å². The maximum absolute atomic E-state index is 11.2. The Morgan fingerprint density at radius 3 is 2.92 bits per heavy atom. The van der Waals surface area contributed by atoms with Crippen LogP contribution in [0, 0.1) is 6.92 Å². The zero-order valence-corrected chi connectivity index (χ0v) is 7.41. The van der Waals surface area contributed by atoms with Crippen LogP contribution in [-0.2, 0) is 0 Å². The van der Waals surface area contributed by atoms with Crippen LogP contribution in [0.3, 0.4) is 0 Å². The lowest BCUT2D eigenvalue weighted by Crippen LogP contribution is -2.04. The second kappa shape index (κ2) is 3.05. The highest BCUT2D eigenvalue weighted by molar-refractivity contribution is 5.63. The Morgan fingerprint density at radius 1 is 1.31 bits per heavy atom. The highest BCUT2D eigenvalue weighted by Crippen LogP contribution is 2.15. The second-order valence-corrected chi connectivity index (χ2v) is 3.08. The van der Waals surface area contributed by atoms with Gasteiger partial charge in [0.2, 0.25) is 0 Å². The van der Waals surface area contributed by atoms with Crippen molar-refractivity contribution in [3.8, 4) is 0 Å². The molecule has 0 bridgehead atoms. The molecular weight excluding hydrogens is 164 g/mol. The molecule has 2 rings (SSSR count). The van der Waals surface area contributed by atoms with E-state index in [-0.39, 0.29) is 5.63 Å². The number of rotatable bonds is 0. The molecule has 0 saturated carbocycles. The van der Waals surface area contributed by atoms with Crippen molar-refractivity contribution in [1.82, 2.24) is 0 Å². The predicted molar refractivity (Wildman–Crippen MR) is 52.4 cm³/mol. The first kappa shape index (κ1) is 8.05. The molecule has 66 valence electrons. The van der Waals surface area contributed by atoms with E-state index in [4.69, 9.17) is 4.42 Å². The number of aryl methyl sites for hydroxylation is 1. The molecule has 1 aliphatic rings. The van der Waals surface area contributed by atoms with E-state index in [1.54, 1.807) is 6.92 Å². The molecule has 13 heavy (non-hydrogen) atoms. The van der Waals surface area contributed by atoms with Gasteiger partial charge < -0.3 is 4.42 Å². The quantitative estimate of drug-likeness (QED) is 0.604. The van der Waals surface area contributed by atoms with Crippen molar-refractivity contribution < 1.29 is 4.42 Å². The van der Waals surface area contributed by atoms with E-state index >= 15 is 0 Å². The van der Waals surface area contributed by atoms with Gasteiger partial charge in [0.1, 0.15) is 5.76 Å². The van der Waals surface area contributed by atoms with Crippen molar-refractivity contribution in [3.05, 3.63) is 45.5 Å². The monoisotopic (exact) mass is 174 g/mol. The Hall–Kier alpha value is -1.57. The average Bonchev–Trinajstić information content (AvgIpc) is 2.31. The zero-order chi connectivity index (χ0) is 9.26. The molecule has 0 unspecified atom stereocenters. The van der Waals surface area contributed by atoms with E-state index < -0.39 is 0 Å². The SMILES string of the molecule is Cc1cc2c(oc1=O)C=CCC=C2. The summed E-state index contributed by atoms with van der Waals surface area (Å²) in [6.07, 6.45) is 8.72. The maximum Gasteiger partial charge on any atom is 0.339 e. The van der Waals surface area contributed by atoms with Gasteiger partial charge in [0.15, 0.2) is 0 Å². The van der Waals surface area contributed by atoms with Crippen molar-refractivity contribution in [2.75, 3.05) is 0 Å². The molecule has 1 aromatic rings. The largest absolute Gasteiger partial charge is 0.423 e. The van der Waals surface area contributed by atoms with Gasteiger partial charge in [0.25, 0.3) is 0 Å². The molecule has 0 radical (unpaired) electrons. The van der Waals surface area contributed by atoms with Crippen LogP contribution in [0.15, 0.2) is 27.4 Å². The highest BCUT2D eigenvalue weighted by atomic mass is 16.4. The minimum atomic E-state index is -0.251. The van der Waals surface area contributed by atoms with Gasteiger partial charge >= 0.3 is 5.63 Å². The summed E-state index contributed by atoms with van der Waals surface area (Å²) in [6.45, 7) is 1.76. The van der Waals surface area contributed by atoms with E-state index in [0.29, 0.717) is 11.3 Å². The number of allylic oxidation sites excluding steroid dienone is 2. The topological polar surface area (TPSA) is 30.2 Å². The third-order valence-corrected chi connectivity index (χ3v) is 2.02. The van der Waals surface area contributed by atoms with Crippen LogP contribution in [0.25, 0.3) is 12.2 Å². The van der Waals surface area contributed by atoms with Crippen molar-refractivity contribution in [2.45, 2.75) is 13.3 Å². The van der Waals surface area contributed by atoms with Crippen LogP contribution in [0.4, 0.5) is 0 Å². The lowest BCUT2D eigenvalue weighted by Gasteiger charge is -1.98. The molecule has 0 spiro atoms. The van der Waals surface area contributed by atoms with Gasteiger partial charge in [-0.05, 0) is 25.5 Å². The van der Waals surface area contributed by atoms with E-state index in [2.05, 4.69) is 0 Å². The number of fused-ring (bicyclic) bond motifs is 1. The minimum absolute atomic E-state index is 0.251. The van der Waals surface area contributed by atoms with Crippen LogP contribution in [0.5, 0.6) is 0 Å². The van der Waals surface area contributed by atoms with Crippen molar-refractivity contribution in [2.24, 2.45) is 0 Å². The number of hydrogen-bond acceptors (Lipinski definition) is 2. The summed E-state index contributed by atoms with van der Waals surface area (Å²) in [5.74, 6) is 0.657. The average molecular weight is 174 g/mol. The molecule has 0 aromatic carbocycles. The summed E-state index contributed by atoms with van der Waals surface area (Å²) in [5, 5.41) is 0. The molecule has 1 aliphatic carbocycles. The van der Waals surface area contributed by atoms with Gasteiger partial charge in [-0.15, -0.1) is 0 Å². The van der Waals surface area contributed by atoms with Gasteiger partial charge in [-0.25, -0.2) is 4.79 Å². The van der Waals surface area contributed by atoms with Crippen LogP contribution in [-0.4, -0.2) is 0 Å². The standard InChI is InChI=1S/C11H10O2/c1-8-7-9-5-3-2-4-6-10(9)13-11(8)12/h3-7H,2H2,1H3. The Morgan fingerprint density at radius 2 is 2.08 bits per heavy atom. The van der Waals surface area contributed by atoms with E-state index in [1.807, 2.05) is 30.4 Å².